The summed E-state index contributed by atoms with van der Waals surface area (Å²) in [6.07, 6.45) is 2.23. The molecule has 2 N–H and O–H groups in total. The number of aromatic nitrogens is 1. The molecule has 156 valence electrons. The minimum atomic E-state index is -0.782. The van der Waals surface area contributed by atoms with Crippen molar-refractivity contribution in [3.8, 4) is 21.6 Å². The van der Waals surface area contributed by atoms with Crippen LogP contribution >= 0.6 is 11.3 Å². The first kappa shape index (κ1) is 20.6. The van der Waals surface area contributed by atoms with Crippen molar-refractivity contribution in [3.63, 3.8) is 0 Å². The summed E-state index contributed by atoms with van der Waals surface area (Å²) < 4.78 is 33.4. The molecule has 0 radical (unpaired) electrons. The predicted molar refractivity (Wildman–Crippen MR) is 111 cm³/mol. The van der Waals surface area contributed by atoms with Crippen molar-refractivity contribution in [3.05, 3.63) is 59.2 Å². The van der Waals surface area contributed by atoms with E-state index in [0.717, 1.165) is 40.1 Å². The fraction of sp³-hybridized carbons (Fsp3) is 0.273. The monoisotopic (exact) mass is 430 g/mol. The predicted octanol–water partition coefficient (Wildman–Crippen LogP) is 4.93. The number of hydrogen-bond acceptors (Lipinski definition) is 5. The van der Waals surface area contributed by atoms with Gasteiger partial charge in [0.25, 0.3) is 0 Å². The highest BCUT2D eigenvalue weighted by molar-refractivity contribution is 7.15. The maximum atomic E-state index is 14.5. The van der Waals surface area contributed by atoms with Crippen LogP contribution < -0.4 is 5.32 Å². The molecule has 1 saturated heterocycles. The number of benzene rings is 2. The number of rotatable bonds is 4. The summed E-state index contributed by atoms with van der Waals surface area (Å²) in [6.45, 7) is 1.84. The number of halogens is 2. The highest BCUT2D eigenvalue weighted by Crippen LogP contribution is 2.39. The number of hydrogen-bond donors (Lipinski definition) is 2. The van der Waals surface area contributed by atoms with Gasteiger partial charge in [-0.2, -0.15) is 0 Å². The average molecular weight is 430 g/mol. The van der Waals surface area contributed by atoms with E-state index in [4.69, 9.17) is 4.74 Å². The highest BCUT2D eigenvalue weighted by Gasteiger charge is 2.25. The van der Waals surface area contributed by atoms with Crippen molar-refractivity contribution in [2.24, 2.45) is 0 Å². The van der Waals surface area contributed by atoms with Gasteiger partial charge in [-0.3, -0.25) is 4.79 Å². The average Bonchev–Trinajstić information content (AvgIpc) is 3.20. The van der Waals surface area contributed by atoms with E-state index in [1.54, 1.807) is 18.3 Å². The molecule has 1 aliphatic rings. The number of anilines is 1. The van der Waals surface area contributed by atoms with Gasteiger partial charge in [-0.1, -0.05) is 6.07 Å². The molecule has 1 amide bonds. The lowest BCUT2D eigenvalue weighted by molar-refractivity contribution is -0.129. The summed E-state index contributed by atoms with van der Waals surface area (Å²) in [7, 11) is 0. The van der Waals surface area contributed by atoms with Crippen molar-refractivity contribution >= 4 is 22.9 Å². The number of carbonyl (C=O) groups excluding carboxylic acids is 1. The van der Waals surface area contributed by atoms with Crippen molar-refractivity contribution in [2.45, 2.75) is 32.0 Å². The zero-order valence-electron chi connectivity index (χ0n) is 16.2. The van der Waals surface area contributed by atoms with Gasteiger partial charge < -0.3 is 15.2 Å². The van der Waals surface area contributed by atoms with E-state index >= 15 is 0 Å². The number of nitrogens with one attached hydrogen (secondary N) is 1. The van der Waals surface area contributed by atoms with Gasteiger partial charge in [0.1, 0.15) is 11.6 Å². The number of aliphatic hydroxyl groups is 1. The molecule has 0 aliphatic carbocycles. The lowest BCUT2D eigenvalue weighted by Crippen LogP contribution is -2.23. The fourth-order valence-electron chi connectivity index (χ4n) is 3.53. The summed E-state index contributed by atoms with van der Waals surface area (Å²) in [6, 6.07) is 8.44. The molecule has 2 unspecified atom stereocenters. The Balaban J connectivity index is 1.73. The van der Waals surface area contributed by atoms with Crippen molar-refractivity contribution in [1.82, 2.24) is 4.98 Å². The van der Waals surface area contributed by atoms with Gasteiger partial charge in [-0.25, -0.2) is 13.8 Å². The lowest BCUT2D eigenvalue weighted by atomic mass is 9.99. The molecule has 0 spiro atoms. The van der Waals surface area contributed by atoms with Crippen LogP contribution in [0.3, 0.4) is 0 Å². The van der Waals surface area contributed by atoms with Crippen LogP contribution in [0.15, 0.2) is 42.6 Å². The Labute approximate surface area is 176 Å². The molecule has 5 nitrogen and oxygen atoms in total. The second-order valence-corrected chi connectivity index (χ2v) is 8.24. The van der Waals surface area contributed by atoms with Gasteiger partial charge in [0.05, 0.1) is 16.5 Å². The first-order valence-electron chi connectivity index (χ1n) is 9.53. The summed E-state index contributed by atoms with van der Waals surface area (Å²) in [5, 5.41) is 13.3. The van der Waals surface area contributed by atoms with Crippen LogP contribution in [-0.4, -0.2) is 28.9 Å². The molecular formula is C22H20F2N2O3S. The Morgan fingerprint density at radius 2 is 2.07 bits per heavy atom. The summed E-state index contributed by atoms with van der Waals surface area (Å²) in [5.74, 6) is -1.34. The smallest absolute Gasteiger partial charge is 0.221 e. The van der Waals surface area contributed by atoms with Crippen LogP contribution in [0.2, 0.25) is 0 Å². The third-order valence-corrected chi connectivity index (χ3v) is 6.18. The van der Waals surface area contributed by atoms with E-state index in [1.165, 1.54) is 18.3 Å². The number of carbonyl (C=O) groups is 1. The van der Waals surface area contributed by atoms with E-state index in [1.807, 2.05) is 6.07 Å². The van der Waals surface area contributed by atoms with Crippen LogP contribution in [0.5, 0.6) is 0 Å². The zero-order valence-corrected chi connectivity index (χ0v) is 17.0. The topological polar surface area (TPSA) is 71.5 Å². The van der Waals surface area contributed by atoms with Gasteiger partial charge in [-0.15, -0.1) is 11.3 Å². The third kappa shape index (κ3) is 4.40. The molecule has 3 aromatic rings. The third-order valence-electron chi connectivity index (χ3n) is 4.97. The number of thiazole rings is 1. The van der Waals surface area contributed by atoms with Crippen LogP contribution in [0.4, 0.5) is 14.5 Å². The first-order chi connectivity index (χ1) is 14.4. The molecule has 1 aromatic heterocycles. The van der Waals surface area contributed by atoms with Crippen LogP contribution in [0, 0.1) is 11.6 Å². The van der Waals surface area contributed by atoms with Gasteiger partial charge in [0.2, 0.25) is 5.91 Å². The standard InChI is InChI=1S/C22H20F2N2O3S/c1-12(27)26-19-5-2-13(8-17(19)16-10-15(23)3-4-18(16)24)20-11-25-22(30-20)14-6-7-29-21(28)9-14/h2-5,8,10-11,14,21,28H,6-7,9H2,1H3,(H,26,27). The number of ether oxygens (including phenoxy) is 1. The van der Waals surface area contributed by atoms with Crippen molar-refractivity contribution in [2.75, 3.05) is 11.9 Å². The Hall–Kier alpha value is -2.68. The molecular weight excluding hydrogens is 410 g/mol. The van der Waals surface area contributed by atoms with E-state index in [2.05, 4.69) is 10.3 Å². The quantitative estimate of drug-likeness (QED) is 0.616. The van der Waals surface area contributed by atoms with E-state index in [9.17, 15) is 18.7 Å². The minimum absolute atomic E-state index is 0.0675. The van der Waals surface area contributed by atoms with Gasteiger partial charge >= 0.3 is 0 Å². The maximum Gasteiger partial charge on any atom is 0.221 e. The lowest BCUT2D eigenvalue weighted by Gasteiger charge is -2.24. The second kappa shape index (κ2) is 8.59. The van der Waals surface area contributed by atoms with Gasteiger partial charge in [0, 0.05) is 42.3 Å². The SMILES string of the molecule is CC(=O)Nc1ccc(-c2cnc(C3CCOC(O)C3)s2)cc1-c1cc(F)ccc1F. The summed E-state index contributed by atoms with van der Waals surface area (Å²) in [5.41, 5.74) is 1.63. The molecule has 30 heavy (non-hydrogen) atoms. The molecule has 0 bridgehead atoms. The maximum absolute atomic E-state index is 14.5. The number of aliphatic hydroxyl groups excluding tert-OH is 1. The van der Waals surface area contributed by atoms with Crippen LogP contribution in [0.1, 0.15) is 30.7 Å². The summed E-state index contributed by atoms with van der Waals surface area (Å²) >= 11 is 1.49. The molecule has 2 heterocycles. The molecule has 2 atom stereocenters. The molecule has 0 saturated carbocycles. The fourth-order valence-corrected chi connectivity index (χ4v) is 4.59. The Morgan fingerprint density at radius 3 is 2.83 bits per heavy atom. The Morgan fingerprint density at radius 1 is 1.23 bits per heavy atom. The number of nitrogens with zero attached hydrogens (tertiary/aromatic N) is 1. The van der Waals surface area contributed by atoms with E-state index in [-0.39, 0.29) is 17.4 Å². The van der Waals surface area contributed by atoms with E-state index in [0.29, 0.717) is 24.3 Å². The Bertz CT molecular complexity index is 1090. The van der Waals surface area contributed by atoms with Gasteiger partial charge in [0.15, 0.2) is 6.29 Å². The second-order valence-electron chi connectivity index (χ2n) is 7.18. The molecule has 8 heteroatoms. The normalized spacial score (nSPS) is 18.9. The summed E-state index contributed by atoms with van der Waals surface area (Å²) in [4.78, 5) is 17.0. The van der Waals surface area contributed by atoms with Crippen molar-refractivity contribution < 1.29 is 23.4 Å². The Kier molecular flexibility index (Phi) is 5.90. The zero-order chi connectivity index (χ0) is 21.3. The van der Waals surface area contributed by atoms with E-state index < -0.39 is 17.9 Å². The number of amides is 1. The largest absolute Gasteiger partial charge is 0.368 e. The van der Waals surface area contributed by atoms with Crippen LogP contribution in [0.25, 0.3) is 21.6 Å². The van der Waals surface area contributed by atoms with Gasteiger partial charge in [-0.05, 0) is 42.3 Å². The molecule has 4 rings (SSSR count). The minimum Gasteiger partial charge on any atom is -0.368 e. The molecule has 1 fully saturated rings. The molecule has 1 aliphatic heterocycles. The van der Waals surface area contributed by atoms with Crippen LogP contribution in [-0.2, 0) is 9.53 Å². The van der Waals surface area contributed by atoms with Crippen molar-refractivity contribution in [1.29, 1.82) is 0 Å². The molecule has 2 aromatic carbocycles. The highest BCUT2D eigenvalue weighted by atomic mass is 32.1. The first-order valence-corrected chi connectivity index (χ1v) is 10.3.